The molecule has 1 aliphatic rings. The molecule has 1 rings (SSSR count). The minimum atomic E-state index is -0.380. The van der Waals surface area contributed by atoms with Crippen LogP contribution >= 0.6 is 0 Å². The van der Waals surface area contributed by atoms with Crippen molar-refractivity contribution in [2.45, 2.75) is 52.4 Å². The van der Waals surface area contributed by atoms with Gasteiger partial charge in [-0.1, -0.05) is 26.2 Å². The highest BCUT2D eigenvalue weighted by Crippen LogP contribution is 2.24. The van der Waals surface area contributed by atoms with Gasteiger partial charge in [0.05, 0.1) is 5.41 Å². The molecule has 1 fully saturated rings. The Labute approximate surface area is 99.2 Å². The van der Waals surface area contributed by atoms with E-state index in [0.29, 0.717) is 12.5 Å². The van der Waals surface area contributed by atoms with E-state index >= 15 is 0 Å². The van der Waals surface area contributed by atoms with Gasteiger partial charge in [0.15, 0.2) is 0 Å². The lowest BCUT2D eigenvalue weighted by atomic mass is 9.85. The van der Waals surface area contributed by atoms with Gasteiger partial charge in [-0.05, 0) is 32.1 Å². The maximum atomic E-state index is 12.0. The van der Waals surface area contributed by atoms with Gasteiger partial charge in [-0.15, -0.1) is 0 Å². The van der Waals surface area contributed by atoms with Crippen molar-refractivity contribution in [2.75, 3.05) is 13.1 Å². The lowest BCUT2D eigenvalue weighted by Gasteiger charge is -2.27. The quantitative estimate of drug-likeness (QED) is 0.754. The molecule has 0 bridgehead atoms. The van der Waals surface area contributed by atoms with E-state index in [1.165, 1.54) is 32.1 Å². The summed E-state index contributed by atoms with van der Waals surface area (Å²) >= 11 is 0. The summed E-state index contributed by atoms with van der Waals surface area (Å²) in [7, 11) is 0. The average Bonchev–Trinajstić information content (AvgIpc) is 2.36. The smallest absolute Gasteiger partial charge is 0.227 e. The Hall–Kier alpha value is -0.570. The molecule has 0 aromatic rings. The minimum absolute atomic E-state index is 0.128. The molecular formula is C13H26N2O. The summed E-state index contributed by atoms with van der Waals surface area (Å²) in [5, 5.41) is 3.08. The largest absolute Gasteiger partial charge is 0.355 e. The number of carbonyl (C=O) groups excluding carboxylic acids is 1. The number of amides is 1. The second-order valence-electron chi connectivity index (χ2n) is 5.33. The number of carbonyl (C=O) groups is 1. The SMILES string of the molecule is CCC(C)(CN)C(=O)NCC1CCCCC1. The van der Waals surface area contributed by atoms with Crippen LogP contribution in [-0.4, -0.2) is 19.0 Å². The average molecular weight is 226 g/mol. The Kier molecular flexibility index (Phi) is 5.26. The molecule has 1 atom stereocenters. The van der Waals surface area contributed by atoms with Gasteiger partial charge in [-0.3, -0.25) is 4.79 Å². The Bertz CT molecular complexity index is 218. The standard InChI is InChI=1S/C13H26N2O/c1-3-13(2,10-14)12(16)15-9-11-7-5-4-6-8-11/h11H,3-10,14H2,1-2H3,(H,15,16). The van der Waals surface area contributed by atoms with Crippen molar-refractivity contribution >= 4 is 5.91 Å². The van der Waals surface area contributed by atoms with Crippen molar-refractivity contribution in [1.29, 1.82) is 0 Å². The van der Waals surface area contributed by atoms with Gasteiger partial charge in [0.1, 0.15) is 0 Å². The highest BCUT2D eigenvalue weighted by atomic mass is 16.2. The van der Waals surface area contributed by atoms with E-state index in [1.54, 1.807) is 0 Å². The zero-order chi connectivity index (χ0) is 12.0. The Morgan fingerprint density at radius 3 is 2.50 bits per heavy atom. The first-order valence-corrected chi connectivity index (χ1v) is 6.60. The highest BCUT2D eigenvalue weighted by molar-refractivity contribution is 5.82. The van der Waals surface area contributed by atoms with Crippen LogP contribution in [0.5, 0.6) is 0 Å². The fourth-order valence-corrected chi connectivity index (χ4v) is 2.24. The summed E-state index contributed by atoms with van der Waals surface area (Å²) in [5.41, 5.74) is 5.29. The van der Waals surface area contributed by atoms with Crippen molar-refractivity contribution in [2.24, 2.45) is 17.1 Å². The van der Waals surface area contributed by atoms with Crippen molar-refractivity contribution in [3.05, 3.63) is 0 Å². The van der Waals surface area contributed by atoms with Crippen molar-refractivity contribution < 1.29 is 4.79 Å². The molecule has 0 saturated heterocycles. The number of hydrogen-bond acceptors (Lipinski definition) is 2. The molecule has 0 aromatic carbocycles. The topological polar surface area (TPSA) is 55.1 Å². The molecule has 0 radical (unpaired) electrons. The highest BCUT2D eigenvalue weighted by Gasteiger charge is 2.29. The van der Waals surface area contributed by atoms with Gasteiger partial charge < -0.3 is 11.1 Å². The zero-order valence-electron chi connectivity index (χ0n) is 10.7. The molecule has 1 unspecified atom stereocenters. The van der Waals surface area contributed by atoms with Crippen LogP contribution in [-0.2, 0) is 4.79 Å². The first-order valence-electron chi connectivity index (χ1n) is 6.60. The van der Waals surface area contributed by atoms with Crippen LogP contribution < -0.4 is 11.1 Å². The summed E-state index contributed by atoms with van der Waals surface area (Å²) in [4.78, 5) is 12.0. The molecular weight excluding hydrogens is 200 g/mol. The van der Waals surface area contributed by atoms with Crippen LogP contribution in [0.4, 0.5) is 0 Å². The van der Waals surface area contributed by atoms with E-state index in [-0.39, 0.29) is 11.3 Å². The van der Waals surface area contributed by atoms with E-state index in [2.05, 4.69) is 5.32 Å². The maximum Gasteiger partial charge on any atom is 0.227 e. The van der Waals surface area contributed by atoms with E-state index < -0.39 is 0 Å². The van der Waals surface area contributed by atoms with E-state index in [1.807, 2.05) is 13.8 Å². The lowest BCUT2D eigenvalue weighted by molar-refractivity contribution is -0.130. The molecule has 0 aromatic heterocycles. The van der Waals surface area contributed by atoms with Gasteiger partial charge in [0.2, 0.25) is 5.91 Å². The summed E-state index contributed by atoms with van der Waals surface area (Å²) < 4.78 is 0. The van der Waals surface area contributed by atoms with Gasteiger partial charge in [0, 0.05) is 13.1 Å². The molecule has 3 nitrogen and oxygen atoms in total. The second kappa shape index (κ2) is 6.24. The maximum absolute atomic E-state index is 12.0. The van der Waals surface area contributed by atoms with Crippen molar-refractivity contribution in [3.8, 4) is 0 Å². The third kappa shape index (κ3) is 3.48. The van der Waals surface area contributed by atoms with E-state index in [9.17, 15) is 4.79 Å². The van der Waals surface area contributed by atoms with Crippen LogP contribution in [0.15, 0.2) is 0 Å². The van der Waals surface area contributed by atoms with Crippen LogP contribution in [0, 0.1) is 11.3 Å². The molecule has 16 heavy (non-hydrogen) atoms. The van der Waals surface area contributed by atoms with E-state index in [0.717, 1.165) is 13.0 Å². The zero-order valence-corrected chi connectivity index (χ0v) is 10.7. The number of nitrogens with one attached hydrogen (secondary N) is 1. The first-order chi connectivity index (χ1) is 7.62. The van der Waals surface area contributed by atoms with Crippen molar-refractivity contribution in [1.82, 2.24) is 5.32 Å². The summed E-state index contributed by atoms with van der Waals surface area (Å²) in [5.74, 6) is 0.819. The van der Waals surface area contributed by atoms with Crippen LogP contribution in [0.1, 0.15) is 52.4 Å². The normalized spacial score (nSPS) is 21.4. The molecule has 1 amide bonds. The van der Waals surface area contributed by atoms with Crippen molar-refractivity contribution in [3.63, 3.8) is 0 Å². The second-order valence-corrected chi connectivity index (χ2v) is 5.33. The Morgan fingerprint density at radius 2 is 2.00 bits per heavy atom. The fourth-order valence-electron chi connectivity index (χ4n) is 2.24. The monoisotopic (exact) mass is 226 g/mol. The summed E-state index contributed by atoms with van der Waals surface area (Å²) in [6.45, 7) is 5.24. The number of hydrogen-bond donors (Lipinski definition) is 2. The third-order valence-corrected chi connectivity index (χ3v) is 4.06. The van der Waals surface area contributed by atoms with Gasteiger partial charge in [-0.2, -0.15) is 0 Å². The van der Waals surface area contributed by atoms with Gasteiger partial charge in [0.25, 0.3) is 0 Å². The molecule has 94 valence electrons. The molecule has 0 aliphatic heterocycles. The fraction of sp³-hybridized carbons (Fsp3) is 0.923. The summed E-state index contributed by atoms with van der Waals surface area (Å²) in [6, 6.07) is 0. The summed E-state index contributed by atoms with van der Waals surface area (Å²) in [6.07, 6.45) is 7.35. The van der Waals surface area contributed by atoms with Crippen LogP contribution in [0.3, 0.4) is 0 Å². The number of nitrogens with two attached hydrogens (primary N) is 1. The molecule has 3 heteroatoms. The molecule has 1 aliphatic carbocycles. The predicted octanol–water partition coefficient (Wildman–Crippen LogP) is 2.06. The molecule has 1 saturated carbocycles. The van der Waals surface area contributed by atoms with Gasteiger partial charge >= 0.3 is 0 Å². The third-order valence-electron chi connectivity index (χ3n) is 4.06. The van der Waals surface area contributed by atoms with E-state index in [4.69, 9.17) is 5.73 Å². The molecule has 0 heterocycles. The molecule has 3 N–H and O–H groups in total. The number of rotatable bonds is 5. The molecule has 0 spiro atoms. The Morgan fingerprint density at radius 1 is 1.38 bits per heavy atom. The first kappa shape index (κ1) is 13.5. The van der Waals surface area contributed by atoms with Crippen LogP contribution in [0.2, 0.25) is 0 Å². The Balaban J connectivity index is 2.33. The predicted molar refractivity (Wildman–Crippen MR) is 67.0 cm³/mol. The van der Waals surface area contributed by atoms with Gasteiger partial charge in [-0.25, -0.2) is 0 Å². The minimum Gasteiger partial charge on any atom is -0.355 e. The van der Waals surface area contributed by atoms with Crippen LogP contribution in [0.25, 0.3) is 0 Å². The lowest BCUT2D eigenvalue weighted by Crippen LogP contribution is -2.45.